The van der Waals surface area contributed by atoms with Gasteiger partial charge in [0.05, 0.1) is 0 Å². The van der Waals surface area contributed by atoms with E-state index in [1.165, 1.54) is 33.4 Å². The summed E-state index contributed by atoms with van der Waals surface area (Å²) >= 11 is 0. The maximum Gasteiger partial charge on any atom is 0.0449 e. The Morgan fingerprint density at radius 3 is 1.32 bits per heavy atom. The minimum Gasteiger partial charge on any atom is -0.309 e. The molecule has 4 heteroatoms. The Morgan fingerprint density at radius 1 is 0.488 bits per heavy atom. The smallest absolute Gasteiger partial charge is 0.0449 e. The molecule has 2 heterocycles. The van der Waals surface area contributed by atoms with Crippen LogP contribution in [0.15, 0.2) is 109 Å². The molecule has 0 radical (unpaired) electrons. The van der Waals surface area contributed by atoms with E-state index in [2.05, 4.69) is 130 Å². The molecule has 0 aromatic heterocycles. The minimum atomic E-state index is 0.333. The van der Waals surface area contributed by atoms with Crippen LogP contribution in [0.3, 0.4) is 0 Å². The second-order valence-corrected chi connectivity index (χ2v) is 11.7. The maximum absolute atomic E-state index is 3.92. The van der Waals surface area contributed by atoms with E-state index in [0.29, 0.717) is 12.1 Å². The first-order valence-corrected chi connectivity index (χ1v) is 15.5. The third-order valence-corrected chi connectivity index (χ3v) is 8.84. The number of benzene rings is 4. The lowest BCUT2D eigenvalue weighted by molar-refractivity contribution is 0.221. The van der Waals surface area contributed by atoms with Crippen molar-refractivity contribution >= 4 is 0 Å². The van der Waals surface area contributed by atoms with E-state index in [4.69, 9.17) is 0 Å². The standard InChI is InChI=1S/C37H44N4/c1-3-14-32(15-4-1)36(28-40-24-20-30-12-7-9-18-34(30)26-40)38-22-11-23-39-37(33-16-5-2-6-17-33)29-41-25-21-31-13-8-10-19-35(31)27-41/h1-10,12-19,36-39H,11,20-29H2/t36-,37?/m1/s1. The molecule has 4 nitrogen and oxygen atoms in total. The second kappa shape index (κ2) is 14.1. The number of nitrogens with zero attached hydrogens (tertiary/aromatic N) is 2. The van der Waals surface area contributed by atoms with Crippen molar-refractivity contribution in [3.63, 3.8) is 0 Å². The zero-order chi connectivity index (χ0) is 27.7. The maximum atomic E-state index is 3.92. The highest BCUT2D eigenvalue weighted by molar-refractivity contribution is 5.30. The molecular weight excluding hydrogens is 500 g/mol. The summed E-state index contributed by atoms with van der Waals surface area (Å²) in [6.07, 6.45) is 3.38. The Morgan fingerprint density at radius 2 is 0.878 bits per heavy atom. The molecule has 2 aliphatic rings. The van der Waals surface area contributed by atoms with Gasteiger partial charge in [-0.05, 0) is 65.7 Å². The fraction of sp³-hybridized carbons (Fsp3) is 0.351. The van der Waals surface area contributed by atoms with E-state index in [-0.39, 0.29) is 0 Å². The van der Waals surface area contributed by atoms with Gasteiger partial charge in [0, 0.05) is 51.4 Å². The molecule has 0 aliphatic carbocycles. The van der Waals surface area contributed by atoms with Crippen LogP contribution in [0.4, 0.5) is 0 Å². The Bertz CT molecular complexity index is 1250. The van der Waals surface area contributed by atoms with Gasteiger partial charge in [-0.25, -0.2) is 0 Å². The first kappa shape index (κ1) is 27.9. The van der Waals surface area contributed by atoms with E-state index in [0.717, 1.165) is 71.6 Å². The molecule has 2 N–H and O–H groups in total. The molecule has 0 bridgehead atoms. The lowest BCUT2D eigenvalue weighted by atomic mass is 9.98. The van der Waals surface area contributed by atoms with Gasteiger partial charge in [0.2, 0.25) is 0 Å². The van der Waals surface area contributed by atoms with Crippen LogP contribution < -0.4 is 10.6 Å². The van der Waals surface area contributed by atoms with Gasteiger partial charge in [-0.15, -0.1) is 0 Å². The van der Waals surface area contributed by atoms with E-state index < -0.39 is 0 Å². The summed E-state index contributed by atoms with van der Waals surface area (Å²) in [5.41, 5.74) is 8.76. The fourth-order valence-corrected chi connectivity index (χ4v) is 6.52. The number of hydrogen-bond donors (Lipinski definition) is 2. The minimum absolute atomic E-state index is 0.333. The van der Waals surface area contributed by atoms with Crippen molar-refractivity contribution in [2.75, 3.05) is 39.3 Å². The lowest BCUT2D eigenvalue weighted by Crippen LogP contribution is -2.40. The quantitative estimate of drug-likeness (QED) is 0.209. The Labute approximate surface area is 246 Å². The summed E-state index contributed by atoms with van der Waals surface area (Å²) in [6, 6.07) is 40.5. The predicted octanol–water partition coefficient (Wildman–Crippen LogP) is 6.15. The molecular formula is C37H44N4. The molecule has 0 spiro atoms. The van der Waals surface area contributed by atoms with Crippen LogP contribution >= 0.6 is 0 Å². The van der Waals surface area contributed by atoms with Crippen LogP contribution in [0.25, 0.3) is 0 Å². The highest BCUT2D eigenvalue weighted by Crippen LogP contribution is 2.23. The SMILES string of the molecule is c1ccc(C(CN2CCc3ccccc3C2)NCCCN[C@H](CN2CCc3ccccc3C2)c2ccccc2)cc1. The van der Waals surface area contributed by atoms with Gasteiger partial charge in [-0.1, -0.05) is 109 Å². The van der Waals surface area contributed by atoms with Crippen molar-refractivity contribution in [1.29, 1.82) is 0 Å². The van der Waals surface area contributed by atoms with Crippen LogP contribution in [0, 0.1) is 0 Å². The summed E-state index contributed by atoms with van der Waals surface area (Å²) in [6.45, 7) is 8.41. The summed E-state index contributed by atoms with van der Waals surface area (Å²) in [5, 5.41) is 7.84. The van der Waals surface area contributed by atoms with E-state index in [1.54, 1.807) is 0 Å². The molecule has 2 aliphatic heterocycles. The van der Waals surface area contributed by atoms with Gasteiger partial charge in [-0.2, -0.15) is 0 Å². The monoisotopic (exact) mass is 544 g/mol. The van der Waals surface area contributed by atoms with Gasteiger partial charge in [0.15, 0.2) is 0 Å². The van der Waals surface area contributed by atoms with Crippen LogP contribution in [-0.2, 0) is 25.9 Å². The van der Waals surface area contributed by atoms with Crippen molar-refractivity contribution in [3.05, 3.63) is 143 Å². The van der Waals surface area contributed by atoms with Crippen molar-refractivity contribution < 1.29 is 0 Å². The zero-order valence-electron chi connectivity index (χ0n) is 24.2. The summed E-state index contributed by atoms with van der Waals surface area (Å²) in [7, 11) is 0. The van der Waals surface area contributed by atoms with Crippen LogP contribution in [0.1, 0.15) is 51.9 Å². The highest BCUT2D eigenvalue weighted by Gasteiger charge is 2.22. The zero-order valence-corrected chi connectivity index (χ0v) is 24.2. The Kier molecular flexibility index (Phi) is 9.56. The first-order valence-electron chi connectivity index (χ1n) is 15.5. The predicted molar refractivity (Wildman–Crippen MR) is 170 cm³/mol. The van der Waals surface area contributed by atoms with Crippen molar-refractivity contribution in [2.24, 2.45) is 0 Å². The average Bonchev–Trinajstić information content (AvgIpc) is 3.04. The molecule has 0 amide bonds. The molecule has 0 fully saturated rings. The molecule has 2 atom stereocenters. The number of rotatable bonds is 12. The normalized spacial score (nSPS) is 17.0. The third-order valence-electron chi connectivity index (χ3n) is 8.84. The van der Waals surface area contributed by atoms with Gasteiger partial charge in [0.25, 0.3) is 0 Å². The summed E-state index contributed by atoms with van der Waals surface area (Å²) in [4.78, 5) is 5.24. The molecule has 41 heavy (non-hydrogen) atoms. The molecule has 6 rings (SSSR count). The van der Waals surface area contributed by atoms with Gasteiger partial charge in [-0.3, -0.25) is 9.80 Å². The number of nitrogens with one attached hydrogen (secondary N) is 2. The number of fused-ring (bicyclic) bond motifs is 2. The molecule has 4 aromatic rings. The second-order valence-electron chi connectivity index (χ2n) is 11.7. The lowest BCUT2D eigenvalue weighted by Gasteiger charge is -2.33. The number of hydrogen-bond acceptors (Lipinski definition) is 4. The van der Waals surface area contributed by atoms with Crippen molar-refractivity contribution in [3.8, 4) is 0 Å². The van der Waals surface area contributed by atoms with E-state index in [1.807, 2.05) is 0 Å². The fourth-order valence-electron chi connectivity index (χ4n) is 6.52. The first-order chi connectivity index (χ1) is 20.3. The Hall–Kier alpha value is -3.28. The molecule has 0 saturated carbocycles. The molecule has 0 saturated heterocycles. The van der Waals surface area contributed by atoms with E-state index in [9.17, 15) is 0 Å². The average molecular weight is 545 g/mol. The highest BCUT2D eigenvalue weighted by atomic mass is 15.2. The molecule has 1 unspecified atom stereocenters. The third kappa shape index (κ3) is 7.52. The summed E-state index contributed by atoms with van der Waals surface area (Å²) < 4.78 is 0. The van der Waals surface area contributed by atoms with E-state index >= 15 is 0 Å². The van der Waals surface area contributed by atoms with Gasteiger partial charge >= 0.3 is 0 Å². The van der Waals surface area contributed by atoms with Crippen molar-refractivity contribution in [2.45, 2.75) is 44.4 Å². The largest absolute Gasteiger partial charge is 0.309 e. The van der Waals surface area contributed by atoms with Crippen LogP contribution in [0.2, 0.25) is 0 Å². The van der Waals surface area contributed by atoms with Gasteiger partial charge < -0.3 is 10.6 Å². The van der Waals surface area contributed by atoms with Crippen LogP contribution in [-0.4, -0.2) is 49.1 Å². The molecule has 212 valence electrons. The molecule has 4 aromatic carbocycles. The van der Waals surface area contributed by atoms with Gasteiger partial charge in [0.1, 0.15) is 0 Å². The topological polar surface area (TPSA) is 30.5 Å². The van der Waals surface area contributed by atoms with Crippen LogP contribution in [0.5, 0.6) is 0 Å². The van der Waals surface area contributed by atoms with Crippen molar-refractivity contribution in [1.82, 2.24) is 20.4 Å². The Balaban J connectivity index is 1.03. The summed E-state index contributed by atoms with van der Waals surface area (Å²) in [5.74, 6) is 0.